The zero-order chi connectivity index (χ0) is 14.6. The lowest BCUT2D eigenvalue weighted by molar-refractivity contribution is 0.108. The summed E-state index contributed by atoms with van der Waals surface area (Å²) < 4.78 is 11.1. The molecule has 0 heterocycles. The summed E-state index contributed by atoms with van der Waals surface area (Å²) in [6.45, 7) is 6.85. The highest BCUT2D eigenvalue weighted by molar-refractivity contribution is 5.30. The normalized spacial score (nSPS) is 12.3. The number of nitrogens with one attached hydrogen (secondary N) is 1. The monoisotopic (exact) mass is 279 g/mol. The van der Waals surface area contributed by atoms with E-state index in [0.29, 0.717) is 6.61 Å². The van der Waals surface area contributed by atoms with Crippen molar-refractivity contribution in [3.05, 3.63) is 29.8 Å². The molecule has 1 N–H and O–H groups in total. The van der Waals surface area contributed by atoms with Crippen LogP contribution in [-0.2, 0) is 4.74 Å². The molecule has 0 aliphatic rings. The van der Waals surface area contributed by atoms with Crippen LogP contribution in [0.4, 0.5) is 0 Å². The molecule has 0 aromatic heterocycles. The van der Waals surface area contributed by atoms with Crippen LogP contribution in [0.15, 0.2) is 24.3 Å². The van der Waals surface area contributed by atoms with Gasteiger partial charge in [0.2, 0.25) is 0 Å². The van der Waals surface area contributed by atoms with Gasteiger partial charge in [-0.3, -0.25) is 0 Å². The smallest absolute Gasteiger partial charge is 0.119 e. The fourth-order valence-electron chi connectivity index (χ4n) is 2.21. The van der Waals surface area contributed by atoms with E-state index in [0.717, 1.165) is 25.3 Å². The van der Waals surface area contributed by atoms with Gasteiger partial charge in [0.15, 0.2) is 0 Å². The van der Waals surface area contributed by atoms with Crippen LogP contribution in [0.5, 0.6) is 5.75 Å². The number of hydrogen-bond donors (Lipinski definition) is 1. The van der Waals surface area contributed by atoms with Gasteiger partial charge in [0, 0.05) is 6.61 Å². The Morgan fingerprint density at radius 2 is 2.00 bits per heavy atom. The van der Waals surface area contributed by atoms with Crippen LogP contribution in [-0.4, -0.2) is 26.9 Å². The summed E-state index contributed by atoms with van der Waals surface area (Å²) in [5.41, 5.74) is 1.22. The second-order valence-electron chi connectivity index (χ2n) is 5.02. The Kier molecular flexibility index (Phi) is 9.09. The predicted octanol–water partition coefficient (Wildman–Crippen LogP) is 3.94. The van der Waals surface area contributed by atoms with Gasteiger partial charge in [-0.25, -0.2) is 0 Å². The van der Waals surface area contributed by atoms with Gasteiger partial charge in [-0.2, -0.15) is 0 Å². The second kappa shape index (κ2) is 10.7. The van der Waals surface area contributed by atoms with E-state index < -0.39 is 0 Å². The van der Waals surface area contributed by atoms with Crippen molar-refractivity contribution in [3.8, 4) is 5.75 Å². The van der Waals surface area contributed by atoms with E-state index >= 15 is 0 Å². The maximum absolute atomic E-state index is 5.82. The highest BCUT2D eigenvalue weighted by Crippen LogP contribution is 2.19. The maximum atomic E-state index is 5.82. The summed E-state index contributed by atoms with van der Waals surface area (Å²) in [7, 11) is 1.70. The molecule has 3 nitrogen and oxygen atoms in total. The third-order valence-electron chi connectivity index (χ3n) is 3.37. The van der Waals surface area contributed by atoms with E-state index in [9.17, 15) is 0 Å². The van der Waals surface area contributed by atoms with Crippen molar-refractivity contribution in [2.45, 2.75) is 45.6 Å². The molecule has 1 unspecified atom stereocenters. The lowest BCUT2D eigenvalue weighted by Gasteiger charge is -2.19. The van der Waals surface area contributed by atoms with Crippen LogP contribution in [0.25, 0.3) is 0 Å². The fourth-order valence-corrected chi connectivity index (χ4v) is 2.21. The molecule has 20 heavy (non-hydrogen) atoms. The standard InChI is InChI=1S/C17H29NO2/c1-4-6-7-8-12-20-14-17(18-5-2)15-10-9-11-16(13-15)19-3/h9-11,13,17-18H,4-8,12,14H2,1-3H3. The summed E-state index contributed by atoms with van der Waals surface area (Å²) in [6.07, 6.45) is 4.99. The average Bonchev–Trinajstić information content (AvgIpc) is 2.49. The Hall–Kier alpha value is -1.06. The van der Waals surface area contributed by atoms with Crippen LogP contribution in [0.3, 0.4) is 0 Å². The summed E-state index contributed by atoms with van der Waals surface area (Å²) in [5, 5.41) is 3.47. The molecule has 0 fully saturated rings. The van der Waals surface area contributed by atoms with E-state index in [2.05, 4.69) is 31.3 Å². The summed E-state index contributed by atoms with van der Waals surface area (Å²) >= 11 is 0. The van der Waals surface area contributed by atoms with Gasteiger partial charge < -0.3 is 14.8 Å². The minimum absolute atomic E-state index is 0.237. The largest absolute Gasteiger partial charge is 0.497 e. The Morgan fingerprint density at radius 3 is 2.70 bits per heavy atom. The van der Waals surface area contributed by atoms with Crippen molar-refractivity contribution in [3.63, 3.8) is 0 Å². The second-order valence-corrected chi connectivity index (χ2v) is 5.02. The van der Waals surface area contributed by atoms with Gasteiger partial charge in [-0.1, -0.05) is 45.2 Å². The molecule has 1 aromatic rings. The van der Waals surface area contributed by atoms with Gasteiger partial charge in [-0.05, 0) is 30.7 Å². The highest BCUT2D eigenvalue weighted by atomic mass is 16.5. The molecule has 0 bridgehead atoms. The summed E-state index contributed by atoms with van der Waals surface area (Å²) in [5.74, 6) is 0.897. The summed E-state index contributed by atoms with van der Waals surface area (Å²) in [4.78, 5) is 0. The predicted molar refractivity (Wildman–Crippen MR) is 84.4 cm³/mol. The van der Waals surface area contributed by atoms with E-state index in [4.69, 9.17) is 9.47 Å². The first-order chi connectivity index (χ1) is 9.81. The molecule has 3 heteroatoms. The van der Waals surface area contributed by atoms with Crippen LogP contribution in [0.2, 0.25) is 0 Å². The Labute approximate surface area is 123 Å². The van der Waals surface area contributed by atoms with Crippen molar-refractivity contribution in [1.29, 1.82) is 0 Å². The topological polar surface area (TPSA) is 30.5 Å². The van der Waals surface area contributed by atoms with Crippen molar-refractivity contribution in [2.75, 3.05) is 26.9 Å². The number of hydrogen-bond acceptors (Lipinski definition) is 3. The molecule has 0 amide bonds. The van der Waals surface area contributed by atoms with E-state index in [-0.39, 0.29) is 6.04 Å². The van der Waals surface area contributed by atoms with Crippen molar-refractivity contribution in [1.82, 2.24) is 5.32 Å². The molecule has 0 saturated carbocycles. The third-order valence-corrected chi connectivity index (χ3v) is 3.37. The first-order valence-electron chi connectivity index (χ1n) is 7.76. The highest BCUT2D eigenvalue weighted by Gasteiger charge is 2.11. The van der Waals surface area contributed by atoms with E-state index in [1.165, 1.54) is 24.8 Å². The molecular formula is C17H29NO2. The number of rotatable bonds is 11. The van der Waals surface area contributed by atoms with Crippen molar-refractivity contribution >= 4 is 0 Å². The first-order valence-corrected chi connectivity index (χ1v) is 7.76. The molecule has 0 aliphatic carbocycles. The van der Waals surface area contributed by atoms with E-state index in [1.807, 2.05) is 12.1 Å². The fraction of sp³-hybridized carbons (Fsp3) is 0.647. The minimum Gasteiger partial charge on any atom is -0.497 e. The molecule has 1 aromatic carbocycles. The Balaban J connectivity index is 2.42. The maximum Gasteiger partial charge on any atom is 0.119 e. The van der Waals surface area contributed by atoms with Crippen LogP contribution in [0, 0.1) is 0 Å². The average molecular weight is 279 g/mol. The van der Waals surface area contributed by atoms with Crippen molar-refractivity contribution in [2.24, 2.45) is 0 Å². The number of unbranched alkanes of at least 4 members (excludes halogenated alkanes) is 3. The van der Waals surface area contributed by atoms with Crippen LogP contribution in [0.1, 0.15) is 51.1 Å². The molecule has 114 valence electrons. The minimum atomic E-state index is 0.237. The van der Waals surface area contributed by atoms with Crippen molar-refractivity contribution < 1.29 is 9.47 Å². The first kappa shape index (κ1) is 17.0. The molecule has 0 saturated heterocycles. The van der Waals surface area contributed by atoms with E-state index in [1.54, 1.807) is 7.11 Å². The molecule has 0 spiro atoms. The SMILES string of the molecule is CCCCCCOCC(NCC)c1cccc(OC)c1. The Morgan fingerprint density at radius 1 is 1.15 bits per heavy atom. The zero-order valence-electron chi connectivity index (χ0n) is 13.2. The molecule has 0 aliphatic heterocycles. The summed E-state index contributed by atoms with van der Waals surface area (Å²) in [6, 6.07) is 8.43. The molecular weight excluding hydrogens is 250 g/mol. The van der Waals surface area contributed by atoms with Gasteiger partial charge in [0.05, 0.1) is 19.8 Å². The van der Waals surface area contributed by atoms with Gasteiger partial charge in [0.1, 0.15) is 5.75 Å². The quantitative estimate of drug-likeness (QED) is 0.622. The number of benzene rings is 1. The molecule has 1 rings (SSSR count). The molecule has 1 atom stereocenters. The Bertz CT molecular complexity index is 355. The number of ether oxygens (including phenoxy) is 2. The van der Waals surface area contributed by atoms with Gasteiger partial charge in [0.25, 0.3) is 0 Å². The van der Waals surface area contributed by atoms with Gasteiger partial charge in [-0.15, -0.1) is 0 Å². The lowest BCUT2D eigenvalue weighted by atomic mass is 10.1. The number of likely N-dealkylation sites (N-methyl/N-ethyl adjacent to an activating group) is 1. The third kappa shape index (κ3) is 6.40. The molecule has 0 radical (unpaired) electrons. The van der Waals surface area contributed by atoms with Gasteiger partial charge >= 0.3 is 0 Å². The lowest BCUT2D eigenvalue weighted by Crippen LogP contribution is -2.25. The number of methoxy groups -OCH3 is 1. The zero-order valence-corrected chi connectivity index (χ0v) is 13.2. The van der Waals surface area contributed by atoms with Crippen LogP contribution < -0.4 is 10.1 Å². The van der Waals surface area contributed by atoms with Crippen LogP contribution >= 0.6 is 0 Å².